The maximum absolute atomic E-state index is 12.4. The summed E-state index contributed by atoms with van der Waals surface area (Å²) in [5, 5.41) is 3.42. The van der Waals surface area contributed by atoms with E-state index >= 15 is 0 Å². The highest BCUT2D eigenvalue weighted by Gasteiger charge is 2.29. The Morgan fingerprint density at radius 2 is 2.15 bits per heavy atom. The van der Waals surface area contributed by atoms with E-state index in [4.69, 9.17) is 11.6 Å². The maximum atomic E-state index is 12.4. The van der Waals surface area contributed by atoms with E-state index in [0.717, 1.165) is 13.0 Å². The first-order chi connectivity index (χ1) is 8.92. The van der Waals surface area contributed by atoms with Crippen LogP contribution in [0.2, 0.25) is 5.02 Å². The van der Waals surface area contributed by atoms with Crippen LogP contribution in [0.4, 0.5) is 0 Å². The van der Waals surface area contributed by atoms with Crippen molar-refractivity contribution in [2.75, 3.05) is 13.1 Å². The van der Waals surface area contributed by atoms with E-state index in [1.807, 2.05) is 0 Å². The van der Waals surface area contributed by atoms with Crippen LogP contribution in [-0.2, 0) is 10.0 Å². The summed E-state index contributed by atoms with van der Waals surface area (Å²) in [5.74, 6) is 0.303. The number of halogens is 3. The van der Waals surface area contributed by atoms with Crippen LogP contribution >= 0.6 is 39.9 Å². The highest BCUT2D eigenvalue weighted by molar-refractivity contribution is 9.10. The third-order valence-corrected chi connectivity index (χ3v) is 6.26. The molecule has 1 heterocycles. The van der Waals surface area contributed by atoms with E-state index in [-0.39, 0.29) is 28.4 Å². The predicted molar refractivity (Wildman–Crippen MR) is 87.2 cm³/mol. The predicted octanol–water partition coefficient (Wildman–Crippen LogP) is 2.80. The van der Waals surface area contributed by atoms with Crippen molar-refractivity contribution in [2.45, 2.75) is 24.3 Å². The average Bonchev–Trinajstić information content (AvgIpc) is 2.31. The van der Waals surface area contributed by atoms with E-state index in [1.54, 1.807) is 18.2 Å². The number of piperidine rings is 1. The van der Waals surface area contributed by atoms with Crippen LogP contribution in [0.1, 0.15) is 13.3 Å². The summed E-state index contributed by atoms with van der Waals surface area (Å²) in [6.07, 6.45) is 0.955. The van der Waals surface area contributed by atoms with Gasteiger partial charge in [0, 0.05) is 17.1 Å². The molecule has 0 amide bonds. The molecule has 114 valence electrons. The van der Waals surface area contributed by atoms with Gasteiger partial charge in [-0.2, -0.15) is 0 Å². The zero-order valence-electron chi connectivity index (χ0n) is 10.9. The van der Waals surface area contributed by atoms with Crippen molar-refractivity contribution in [1.82, 2.24) is 10.0 Å². The molecule has 2 N–H and O–H groups in total. The second-order valence-corrected chi connectivity index (χ2v) is 7.66. The van der Waals surface area contributed by atoms with Crippen LogP contribution in [-0.4, -0.2) is 27.5 Å². The smallest absolute Gasteiger partial charge is 0.243 e. The number of benzene rings is 1. The van der Waals surface area contributed by atoms with Gasteiger partial charge in [-0.15, -0.1) is 12.4 Å². The molecule has 1 aliphatic rings. The summed E-state index contributed by atoms with van der Waals surface area (Å²) in [5.41, 5.74) is 0. The van der Waals surface area contributed by atoms with Crippen molar-refractivity contribution in [1.29, 1.82) is 0 Å². The van der Waals surface area contributed by atoms with Gasteiger partial charge in [-0.05, 0) is 46.9 Å². The van der Waals surface area contributed by atoms with Crippen molar-refractivity contribution in [3.63, 3.8) is 0 Å². The lowest BCUT2D eigenvalue weighted by atomic mass is 9.96. The minimum Gasteiger partial charge on any atom is -0.315 e. The molecule has 0 spiro atoms. The number of nitrogens with one attached hydrogen (secondary N) is 2. The van der Waals surface area contributed by atoms with Gasteiger partial charge in [0.15, 0.2) is 0 Å². The fourth-order valence-corrected chi connectivity index (χ4v) is 5.23. The van der Waals surface area contributed by atoms with Crippen molar-refractivity contribution < 1.29 is 8.42 Å². The zero-order chi connectivity index (χ0) is 14.0. The van der Waals surface area contributed by atoms with Gasteiger partial charge < -0.3 is 5.32 Å². The van der Waals surface area contributed by atoms with E-state index in [1.165, 1.54) is 0 Å². The molecule has 1 aromatic carbocycles. The Morgan fingerprint density at radius 1 is 1.45 bits per heavy atom. The number of hydrogen-bond donors (Lipinski definition) is 2. The highest BCUT2D eigenvalue weighted by atomic mass is 79.9. The van der Waals surface area contributed by atoms with Crippen LogP contribution in [0.5, 0.6) is 0 Å². The molecule has 2 unspecified atom stereocenters. The van der Waals surface area contributed by atoms with Gasteiger partial charge in [-0.1, -0.05) is 24.6 Å². The Morgan fingerprint density at radius 3 is 2.75 bits per heavy atom. The summed E-state index contributed by atoms with van der Waals surface area (Å²) in [6, 6.07) is 4.84. The van der Waals surface area contributed by atoms with Gasteiger partial charge >= 0.3 is 0 Å². The Hall–Kier alpha value is 0.150. The topological polar surface area (TPSA) is 58.2 Å². The standard InChI is InChI=1S/C12H16BrClN2O2S.ClH/c1-8-5-6-15-7-11(8)16-19(17,18)12-9(13)3-2-4-10(12)14;/h2-4,8,11,15-16H,5-7H2,1H3;1H. The van der Waals surface area contributed by atoms with Crippen molar-refractivity contribution >= 4 is 50.0 Å². The van der Waals surface area contributed by atoms with Gasteiger partial charge in [0.1, 0.15) is 4.90 Å². The number of hydrogen-bond acceptors (Lipinski definition) is 3. The first-order valence-electron chi connectivity index (χ1n) is 6.09. The molecule has 0 bridgehead atoms. The van der Waals surface area contributed by atoms with Crippen molar-refractivity contribution in [2.24, 2.45) is 5.92 Å². The fraction of sp³-hybridized carbons (Fsp3) is 0.500. The van der Waals surface area contributed by atoms with Crippen LogP contribution in [0.25, 0.3) is 0 Å². The molecule has 0 aromatic heterocycles. The Kier molecular flexibility index (Phi) is 6.76. The quantitative estimate of drug-likeness (QED) is 0.815. The van der Waals surface area contributed by atoms with E-state index < -0.39 is 10.0 Å². The van der Waals surface area contributed by atoms with Gasteiger partial charge in [-0.25, -0.2) is 13.1 Å². The second kappa shape index (κ2) is 7.42. The van der Waals surface area contributed by atoms with Gasteiger partial charge in [0.2, 0.25) is 10.0 Å². The van der Waals surface area contributed by atoms with Gasteiger partial charge in [0.05, 0.1) is 5.02 Å². The third-order valence-electron chi connectivity index (χ3n) is 3.32. The normalized spacial score (nSPS) is 23.1. The summed E-state index contributed by atoms with van der Waals surface area (Å²) < 4.78 is 28.1. The molecule has 0 aliphatic carbocycles. The lowest BCUT2D eigenvalue weighted by molar-refractivity contribution is 0.327. The first-order valence-corrected chi connectivity index (χ1v) is 8.74. The molecular weight excluding hydrogens is 387 g/mol. The summed E-state index contributed by atoms with van der Waals surface area (Å²) >= 11 is 9.25. The zero-order valence-corrected chi connectivity index (χ0v) is 14.9. The van der Waals surface area contributed by atoms with Gasteiger partial charge in [0.25, 0.3) is 0 Å². The average molecular weight is 404 g/mol. The minimum atomic E-state index is -3.62. The molecule has 4 nitrogen and oxygen atoms in total. The van der Waals surface area contributed by atoms with Crippen molar-refractivity contribution in [3.8, 4) is 0 Å². The molecule has 1 saturated heterocycles. The maximum Gasteiger partial charge on any atom is 0.243 e. The molecular formula is C12H17BrCl2N2O2S. The highest BCUT2D eigenvalue weighted by Crippen LogP contribution is 2.29. The van der Waals surface area contributed by atoms with Crippen molar-refractivity contribution in [3.05, 3.63) is 27.7 Å². The Bertz CT molecular complexity index is 548. The SMILES string of the molecule is CC1CCNCC1NS(=O)(=O)c1c(Cl)cccc1Br.Cl. The molecule has 0 saturated carbocycles. The molecule has 8 heteroatoms. The number of sulfonamides is 1. The first kappa shape index (κ1) is 18.2. The van der Waals surface area contributed by atoms with Crippen LogP contribution in [0.15, 0.2) is 27.6 Å². The molecule has 1 aromatic rings. The molecule has 2 rings (SSSR count). The Labute approximate surface area is 139 Å². The second-order valence-electron chi connectivity index (χ2n) is 4.75. The Balaban J connectivity index is 0.00000200. The monoisotopic (exact) mass is 402 g/mol. The summed E-state index contributed by atoms with van der Waals surface area (Å²) in [6.45, 7) is 3.62. The van der Waals surface area contributed by atoms with Gasteiger partial charge in [-0.3, -0.25) is 0 Å². The van der Waals surface area contributed by atoms with E-state index in [0.29, 0.717) is 16.9 Å². The molecule has 2 atom stereocenters. The molecule has 0 radical (unpaired) electrons. The van der Waals surface area contributed by atoms with Crippen LogP contribution < -0.4 is 10.0 Å². The lowest BCUT2D eigenvalue weighted by Gasteiger charge is -2.30. The van der Waals surface area contributed by atoms with Crippen LogP contribution in [0.3, 0.4) is 0 Å². The third kappa shape index (κ3) is 4.08. The summed E-state index contributed by atoms with van der Waals surface area (Å²) in [7, 11) is -3.62. The molecule has 20 heavy (non-hydrogen) atoms. The van der Waals surface area contributed by atoms with E-state index in [2.05, 4.69) is 32.9 Å². The molecule has 1 aliphatic heterocycles. The molecule has 1 fully saturated rings. The lowest BCUT2D eigenvalue weighted by Crippen LogP contribution is -2.50. The fourth-order valence-electron chi connectivity index (χ4n) is 2.14. The van der Waals surface area contributed by atoms with Crippen LogP contribution in [0, 0.1) is 5.92 Å². The summed E-state index contributed by atoms with van der Waals surface area (Å²) in [4.78, 5) is 0.106. The number of rotatable bonds is 3. The largest absolute Gasteiger partial charge is 0.315 e. The minimum absolute atomic E-state index is 0. The van der Waals surface area contributed by atoms with E-state index in [9.17, 15) is 8.42 Å².